The molecule has 0 amide bonds. The molecule has 0 aliphatic heterocycles. The lowest BCUT2D eigenvalue weighted by Crippen LogP contribution is -2.18. The SMILES string of the molecule is Cc1nnc2ccc(NCCS(=O)(=O)Cc3ccccc3)nn12. The van der Waals surface area contributed by atoms with Crippen LogP contribution in [0.3, 0.4) is 0 Å². The highest BCUT2D eigenvalue weighted by Crippen LogP contribution is 2.08. The van der Waals surface area contributed by atoms with Gasteiger partial charge in [0.15, 0.2) is 21.3 Å². The molecule has 3 aromatic rings. The van der Waals surface area contributed by atoms with E-state index in [4.69, 9.17) is 0 Å². The van der Waals surface area contributed by atoms with Gasteiger partial charge in [0.25, 0.3) is 0 Å². The van der Waals surface area contributed by atoms with Gasteiger partial charge in [-0.3, -0.25) is 0 Å². The molecular formula is C15H17N5O2S. The van der Waals surface area contributed by atoms with Gasteiger partial charge in [-0.2, -0.15) is 4.52 Å². The summed E-state index contributed by atoms with van der Waals surface area (Å²) in [5, 5.41) is 15.2. The van der Waals surface area contributed by atoms with E-state index in [1.54, 1.807) is 23.6 Å². The first-order valence-electron chi connectivity index (χ1n) is 7.21. The zero-order valence-electron chi connectivity index (χ0n) is 12.7. The molecule has 2 aromatic heterocycles. The third-order valence-corrected chi connectivity index (χ3v) is 4.97. The van der Waals surface area contributed by atoms with Crippen LogP contribution >= 0.6 is 0 Å². The summed E-state index contributed by atoms with van der Waals surface area (Å²) < 4.78 is 25.9. The molecule has 0 radical (unpaired) electrons. The van der Waals surface area contributed by atoms with Crippen molar-refractivity contribution in [2.24, 2.45) is 0 Å². The number of benzene rings is 1. The summed E-state index contributed by atoms with van der Waals surface area (Å²) in [5.41, 5.74) is 1.46. The van der Waals surface area contributed by atoms with Crippen molar-refractivity contribution in [3.63, 3.8) is 0 Å². The summed E-state index contributed by atoms with van der Waals surface area (Å²) in [7, 11) is -3.17. The molecule has 0 aliphatic carbocycles. The molecule has 1 N–H and O–H groups in total. The van der Waals surface area contributed by atoms with Crippen molar-refractivity contribution < 1.29 is 8.42 Å². The van der Waals surface area contributed by atoms with E-state index < -0.39 is 9.84 Å². The van der Waals surface area contributed by atoms with Crippen LogP contribution in [0, 0.1) is 6.92 Å². The summed E-state index contributed by atoms with van der Waals surface area (Å²) in [5.74, 6) is 1.37. The largest absolute Gasteiger partial charge is 0.368 e. The minimum Gasteiger partial charge on any atom is -0.368 e. The summed E-state index contributed by atoms with van der Waals surface area (Å²) in [6.45, 7) is 2.11. The highest BCUT2D eigenvalue weighted by Gasteiger charge is 2.12. The van der Waals surface area contributed by atoms with E-state index in [-0.39, 0.29) is 11.5 Å². The zero-order valence-corrected chi connectivity index (χ0v) is 13.5. The second kappa shape index (κ2) is 6.33. The third kappa shape index (κ3) is 3.84. The van der Waals surface area contributed by atoms with Crippen molar-refractivity contribution in [3.05, 3.63) is 53.9 Å². The molecule has 23 heavy (non-hydrogen) atoms. The van der Waals surface area contributed by atoms with Gasteiger partial charge in [-0.05, 0) is 24.6 Å². The molecule has 0 unspecified atom stereocenters. The predicted molar refractivity (Wildman–Crippen MR) is 87.9 cm³/mol. The standard InChI is InChI=1S/C15H17N5O2S/c1-12-17-18-15-8-7-14(19-20(12)15)16-9-10-23(21,22)11-13-5-3-2-4-6-13/h2-8H,9-11H2,1H3,(H,16,19). The number of aromatic nitrogens is 4. The Hall–Kier alpha value is -2.48. The van der Waals surface area contributed by atoms with Crippen LogP contribution in [0.4, 0.5) is 5.82 Å². The zero-order chi connectivity index (χ0) is 16.3. The van der Waals surface area contributed by atoms with Crippen LogP contribution in [0.25, 0.3) is 5.65 Å². The van der Waals surface area contributed by atoms with Crippen molar-refractivity contribution in [1.82, 2.24) is 19.8 Å². The number of anilines is 1. The van der Waals surface area contributed by atoms with Crippen LogP contribution in [0.2, 0.25) is 0 Å². The molecule has 0 spiro atoms. The molecule has 0 aliphatic rings. The number of rotatable bonds is 6. The van der Waals surface area contributed by atoms with Crippen LogP contribution in [-0.2, 0) is 15.6 Å². The van der Waals surface area contributed by atoms with Crippen molar-refractivity contribution in [2.45, 2.75) is 12.7 Å². The van der Waals surface area contributed by atoms with Crippen molar-refractivity contribution in [3.8, 4) is 0 Å². The second-order valence-electron chi connectivity index (χ2n) is 5.24. The van der Waals surface area contributed by atoms with Gasteiger partial charge >= 0.3 is 0 Å². The van der Waals surface area contributed by atoms with Gasteiger partial charge in [-0.1, -0.05) is 30.3 Å². The van der Waals surface area contributed by atoms with Crippen molar-refractivity contribution >= 4 is 21.3 Å². The van der Waals surface area contributed by atoms with E-state index in [0.29, 0.717) is 23.8 Å². The first kappa shape index (κ1) is 15.4. The van der Waals surface area contributed by atoms with Crippen molar-refractivity contribution in [1.29, 1.82) is 0 Å². The van der Waals surface area contributed by atoms with E-state index in [1.807, 2.05) is 30.3 Å². The Kier molecular flexibility index (Phi) is 4.24. The fraction of sp³-hybridized carbons (Fsp3) is 0.267. The Balaban J connectivity index is 1.60. The minimum absolute atomic E-state index is 0.0444. The normalized spacial score (nSPS) is 11.7. The molecule has 8 heteroatoms. The third-order valence-electron chi connectivity index (χ3n) is 3.37. The Bertz CT molecular complexity index is 906. The van der Waals surface area contributed by atoms with Crippen LogP contribution in [0.5, 0.6) is 0 Å². The molecule has 120 valence electrons. The van der Waals surface area contributed by atoms with Gasteiger partial charge in [-0.15, -0.1) is 15.3 Å². The lowest BCUT2D eigenvalue weighted by molar-refractivity contribution is 0.595. The van der Waals surface area contributed by atoms with Crippen molar-refractivity contribution in [2.75, 3.05) is 17.6 Å². The fourth-order valence-electron chi connectivity index (χ4n) is 2.23. The highest BCUT2D eigenvalue weighted by molar-refractivity contribution is 7.90. The number of nitrogens with zero attached hydrogens (tertiary/aromatic N) is 4. The average Bonchev–Trinajstić information content (AvgIpc) is 2.89. The molecule has 0 saturated carbocycles. The van der Waals surface area contributed by atoms with Gasteiger partial charge in [-0.25, -0.2) is 8.42 Å². The maximum atomic E-state index is 12.1. The Morgan fingerprint density at radius 1 is 1.09 bits per heavy atom. The molecule has 3 rings (SSSR count). The first-order valence-corrected chi connectivity index (χ1v) is 9.03. The Labute approximate surface area is 134 Å². The monoisotopic (exact) mass is 331 g/mol. The maximum absolute atomic E-state index is 12.1. The molecular weight excluding hydrogens is 314 g/mol. The Morgan fingerprint density at radius 2 is 1.87 bits per heavy atom. The summed E-state index contributed by atoms with van der Waals surface area (Å²) in [6, 6.07) is 12.7. The predicted octanol–water partition coefficient (Wildman–Crippen LogP) is 1.46. The maximum Gasteiger partial charge on any atom is 0.178 e. The van der Waals surface area contributed by atoms with Crippen LogP contribution < -0.4 is 5.32 Å². The van der Waals surface area contributed by atoms with Gasteiger partial charge < -0.3 is 5.32 Å². The van der Waals surface area contributed by atoms with E-state index >= 15 is 0 Å². The number of fused-ring (bicyclic) bond motifs is 1. The van der Waals surface area contributed by atoms with E-state index in [9.17, 15) is 8.42 Å². The van der Waals surface area contributed by atoms with E-state index in [1.165, 1.54) is 0 Å². The molecule has 0 bridgehead atoms. The lowest BCUT2D eigenvalue weighted by Gasteiger charge is -2.07. The number of hydrogen-bond donors (Lipinski definition) is 1. The molecule has 0 fully saturated rings. The van der Waals surface area contributed by atoms with Crippen LogP contribution in [-0.4, -0.2) is 40.5 Å². The summed E-state index contributed by atoms with van der Waals surface area (Å²) >= 11 is 0. The first-order chi connectivity index (χ1) is 11.0. The second-order valence-corrected chi connectivity index (χ2v) is 7.42. The lowest BCUT2D eigenvalue weighted by atomic mass is 10.2. The Morgan fingerprint density at radius 3 is 2.65 bits per heavy atom. The smallest absolute Gasteiger partial charge is 0.178 e. The molecule has 0 saturated heterocycles. The van der Waals surface area contributed by atoms with Crippen LogP contribution in [0.15, 0.2) is 42.5 Å². The number of nitrogens with one attached hydrogen (secondary N) is 1. The molecule has 2 heterocycles. The number of aryl methyl sites for hydroxylation is 1. The fourth-order valence-corrected chi connectivity index (χ4v) is 3.48. The van der Waals surface area contributed by atoms with Crippen LogP contribution in [0.1, 0.15) is 11.4 Å². The van der Waals surface area contributed by atoms with E-state index in [2.05, 4.69) is 20.6 Å². The highest BCUT2D eigenvalue weighted by atomic mass is 32.2. The quantitative estimate of drug-likeness (QED) is 0.735. The van der Waals surface area contributed by atoms with Gasteiger partial charge in [0.2, 0.25) is 0 Å². The molecule has 0 atom stereocenters. The summed E-state index contributed by atoms with van der Waals surface area (Å²) in [6.07, 6.45) is 0. The number of hydrogen-bond acceptors (Lipinski definition) is 6. The van der Waals surface area contributed by atoms with Gasteiger partial charge in [0.1, 0.15) is 5.82 Å². The minimum atomic E-state index is -3.17. The van der Waals surface area contributed by atoms with Gasteiger partial charge in [0.05, 0.1) is 11.5 Å². The van der Waals surface area contributed by atoms with E-state index in [0.717, 1.165) is 5.56 Å². The molecule has 1 aromatic carbocycles. The van der Waals surface area contributed by atoms with Gasteiger partial charge in [0, 0.05) is 6.54 Å². The summed E-state index contributed by atoms with van der Waals surface area (Å²) in [4.78, 5) is 0. The topological polar surface area (TPSA) is 89.2 Å². The average molecular weight is 331 g/mol. The molecule has 7 nitrogen and oxygen atoms in total. The number of sulfone groups is 1.